The van der Waals surface area contributed by atoms with Crippen LogP contribution in [0.1, 0.15) is 15.9 Å². The van der Waals surface area contributed by atoms with Crippen molar-refractivity contribution in [3.05, 3.63) is 34.3 Å². The van der Waals surface area contributed by atoms with Gasteiger partial charge in [-0.25, -0.2) is 0 Å². The summed E-state index contributed by atoms with van der Waals surface area (Å²) >= 11 is 5.69. The molecule has 1 aromatic carbocycles. The summed E-state index contributed by atoms with van der Waals surface area (Å²) in [5.41, 5.74) is -1.09. The van der Waals surface area contributed by atoms with Gasteiger partial charge in [-0.05, 0) is 25.2 Å². The first-order valence-electron chi connectivity index (χ1n) is 6.49. The molecule has 1 fully saturated rings. The summed E-state index contributed by atoms with van der Waals surface area (Å²) in [4.78, 5) is 15.5. The summed E-state index contributed by atoms with van der Waals surface area (Å²) in [5, 5.41) is 8.88. The fraction of sp³-hybridized carbons (Fsp3) is 0.429. The summed E-state index contributed by atoms with van der Waals surface area (Å²) < 4.78 is 38.4. The van der Waals surface area contributed by atoms with Crippen LogP contribution >= 0.6 is 11.6 Å². The maximum Gasteiger partial charge on any atom is 0.416 e. The molecule has 1 saturated heterocycles. The minimum absolute atomic E-state index is 0.124. The van der Waals surface area contributed by atoms with E-state index in [0.29, 0.717) is 13.1 Å². The lowest BCUT2D eigenvalue weighted by atomic mass is 10.1. The van der Waals surface area contributed by atoms with E-state index in [0.717, 1.165) is 12.1 Å². The van der Waals surface area contributed by atoms with Crippen LogP contribution in [0.4, 0.5) is 13.2 Å². The summed E-state index contributed by atoms with van der Waals surface area (Å²) in [7, 11) is 1.76. The van der Waals surface area contributed by atoms with Gasteiger partial charge in [-0.1, -0.05) is 11.6 Å². The molecule has 118 valence electrons. The first kappa shape index (κ1) is 16.6. The van der Waals surface area contributed by atoms with Crippen LogP contribution in [0.5, 0.6) is 0 Å². The van der Waals surface area contributed by atoms with Crippen LogP contribution in [0.15, 0.2) is 18.2 Å². The molecule has 1 atom stereocenters. The number of halogens is 4. The average Bonchev–Trinajstić information content (AvgIpc) is 2.45. The number of amides is 1. The van der Waals surface area contributed by atoms with Gasteiger partial charge in [0.25, 0.3) is 5.91 Å². The van der Waals surface area contributed by atoms with Crippen LogP contribution in [-0.2, 0) is 6.18 Å². The van der Waals surface area contributed by atoms with E-state index in [-0.39, 0.29) is 17.1 Å². The highest BCUT2D eigenvalue weighted by Crippen LogP contribution is 2.32. The smallest absolute Gasteiger partial charge is 0.335 e. The molecule has 0 saturated carbocycles. The van der Waals surface area contributed by atoms with E-state index in [1.807, 2.05) is 0 Å². The highest BCUT2D eigenvalue weighted by molar-refractivity contribution is 6.31. The van der Waals surface area contributed by atoms with Crippen molar-refractivity contribution in [3.8, 4) is 6.07 Å². The zero-order valence-corrected chi connectivity index (χ0v) is 12.4. The second-order valence-corrected chi connectivity index (χ2v) is 5.54. The zero-order valence-electron chi connectivity index (χ0n) is 11.7. The molecule has 1 aliphatic rings. The lowest BCUT2D eigenvalue weighted by molar-refractivity contribution is -0.137. The monoisotopic (exact) mass is 331 g/mol. The van der Waals surface area contributed by atoms with Gasteiger partial charge in [-0.3, -0.25) is 9.69 Å². The molecule has 1 amide bonds. The van der Waals surface area contributed by atoms with Crippen molar-refractivity contribution in [1.29, 1.82) is 5.26 Å². The van der Waals surface area contributed by atoms with Gasteiger partial charge >= 0.3 is 6.18 Å². The quantitative estimate of drug-likeness (QED) is 0.795. The van der Waals surface area contributed by atoms with Gasteiger partial charge < -0.3 is 4.90 Å². The Bertz CT molecular complexity index is 627. The number of piperazine rings is 1. The molecule has 2 rings (SSSR count). The highest BCUT2D eigenvalue weighted by atomic mass is 35.5. The summed E-state index contributed by atoms with van der Waals surface area (Å²) in [6, 6.07) is 4.36. The summed E-state index contributed by atoms with van der Waals surface area (Å²) in [6.45, 7) is 0.984. The standard InChI is InChI=1S/C14H13ClF3N3O/c1-20-2-3-21(8-12(20)7-19)13(22)9-4-10(14(16,17)18)6-11(15)5-9/h4-6,12H,2-3,8H2,1H3/t12-/m0/s1. The number of nitriles is 1. The second-order valence-electron chi connectivity index (χ2n) is 5.10. The van der Waals surface area contributed by atoms with Gasteiger partial charge in [0, 0.05) is 30.2 Å². The van der Waals surface area contributed by atoms with Crippen molar-refractivity contribution in [2.24, 2.45) is 0 Å². The SMILES string of the molecule is CN1CCN(C(=O)c2cc(Cl)cc(C(F)(F)F)c2)C[C@@H]1C#N. The van der Waals surface area contributed by atoms with Gasteiger partial charge in [0.15, 0.2) is 0 Å². The van der Waals surface area contributed by atoms with E-state index in [1.54, 1.807) is 11.9 Å². The molecule has 0 aliphatic carbocycles. The molecular weight excluding hydrogens is 319 g/mol. The molecule has 0 aromatic heterocycles. The third-order valence-electron chi connectivity index (χ3n) is 3.56. The van der Waals surface area contributed by atoms with Gasteiger partial charge in [-0.2, -0.15) is 18.4 Å². The third kappa shape index (κ3) is 3.51. The highest BCUT2D eigenvalue weighted by Gasteiger charge is 2.33. The summed E-state index contributed by atoms with van der Waals surface area (Å²) in [6.07, 6.45) is -4.57. The normalized spacial score (nSPS) is 19.8. The molecule has 0 N–H and O–H groups in total. The number of nitrogens with zero attached hydrogens (tertiary/aromatic N) is 3. The Balaban J connectivity index is 2.27. The maximum atomic E-state index is 12.8. The molecule has 4 nitrogen and oxygen atoms in total. The van der Waals surface area contributed by atoms with Crippen LogP contribution in [0, 0.1) is 11.3 Å². The molecule has 0 radical (unpaired) electrons. The van der Waals surface area contributed by atoms with E-state index >= 15 is 0 Å². The Hall–Kier alpha value is -1.78. The number of hydrogen-bond donors (Lipinski definition) is 0. The number of carbonyl (C=O) groups is 1. The Morgan fingerprint density at radius 1 is 1.36 bits per heavy atom. The van der Waals surface area contributed by atoms with Crippen molar-refractivity contribution in [1.82, 2.24) is 9.80 Å². The number of carbonyl (C=O) groups excluding carboxylic acids is 1. The lowest BCUT2D eigenvalue weighted by Gasteiger charge is -2.36. The number of likely N-dealkylation sites (N-methyl/N-ethyl adjacent to an activating group) is 1. The van der Waals surface area contributed by atoms with Crippen molar-refractivity contribution >= 4 is 17.5 Å². The van der Waals surface area contributed by atoms with E-state index in [9.17, 15) is 18.0 Å². The summed E-state index contributed by atoms with van der Waals surface area (Å²) in [5.74, 6) is -0.554. The van der Waals surface area contributed by atoms with Crippen LogP contribution in [0.3, 0.4) is 0 Å². The van der Waals surface area contributed by atoms with Crippen molar-refractivity contribution < 1.29 is 18.0 Å². The Morgan fingerprint density at radius 2 is 2.05 bits per heavy atom. The van der Waals surface area contributed by atoms with Crippen molar-refractivity contribution in [2.45, 2.75) is 12.2 Å². The fourth-order valence-corrected chi connectivity index (χ4v) is 2.49. The molecule has 0 bridgehead atoms. The minimum Gasteiger partial charge on any atom is -0.335 e. The van der Waals surface area contributed by atoms with Gasteiger partial charge in [0.1, 0.15) is 6.04 Å². The molecule has 0 spiro atoms. The number of benzene rings is 1. The largest absolute Gasteiger partial charge is 0.416 e. The molecular formula is C14H13ClF3N3O. The van der Waals surface area contributed by atoms with Crippen LogP contribution in [-0.4, -0.2) is 48.4 Å². The van der Waals surface area contributed by atoms with Crippen LogP contribution in [0.2, 0.25) is 5.02 Å². The number of rotatable bonds is 1. The maximum absolute atomic E-state index is 12.8. The minimum atomic E-state index is -4.57. The molecule has 22 heavy (non-hydrogen) atoms. The third-order valence-corrected chi connectivity index (χ3v) is 3.77. The van der Waals surface area contributed by atoms with Gasteiger partial charge in [0.05, 0.1) is 11.6 Å². The predicted octanol–water partition coefficient (Wildman–Crippen LogP) is 2.64. The van der Waals surface area contributed by atoms with Crippen molar-refractivity contribution in [3.63, 3.8) is 0 Å². The molecule has 0 unspecified atom stereocenters. The van der Waals surface area contributed by atoms with E-state index in [1.165, 1.54) is 11.0 Å². The topological polar surface area (TPSA) is 47.3 Å². The molecule has 1 aromatic rings. The Morgan fingerprint density at radius 3 is 2.64 bits per heavy atom. The molecule has 1 aliphatic heterocycles. The predicted molar refractivity (Wildman–Crippen MR) is 74.4 cm³/mol. The Labute approximate surface area is 130 Å². The van der Waals surface area contributed by atoms with E-state index in [4.69, 9.17) is 16.9 Å². The molecule has 8 heteroatoms. The first-order chi connectivity index (χ1) is 10.2. The second kappa shape index (κ2) is 6.15. The number of alkyl halides is 3. The number of hydrogen-bond acceptors (Lipinski definition) is 3. The van der Waals surface area contributed by atoms with Crippen LogP contribution < -0.4 is 0 Å². The Kier molecular flexibility index (Phi) is 4.63. The van der Waals surface area contributed by atoms with Crippen LogP contribution in [0.25, 0.3) is 0 Å². The zero-order chi connectivity index (χ0) is 16.5. The first-order valence-corrected chi connectivity index (χ1v) is 6.87. The fourth-order valence-electron chi connectivity index (χ4n) is 2.26. The average molecular weight is 332 g/mol. The van der Waals surface area contributed by atoms with E-state index < -0.39 is 23.7 Å². The van der Waals surface area contributed by atoms with Crippen molar-refractivity contribution in [2.75, 3.05) is 26.7 Å². The lowest BCUT2D eigenvalue weighted by Crippen LogP contribution is -2.52. The molecule has 1 heterocycles. The van der Waals surface area contributed by atoms with Gasteiger partial charge in [-0.15, -0.1) is 0 Å². The van der Waals surface area contributed by atoms with Gasteiger partial charge in [0.2, 0.25) is 0 Å². The van der Waals surface area contributed by atoms with E-state index in [2.05, 4.69) is 6.07 Å².